The first-order valence-electron chi connectivity index (χ1n) is 3.58. The first-order valence-corrected chi connectivity index (χ1v) is 4.49. The number of aryl methyl sites for hydroxylation is 2. The average molecular weight is 214 g/mol. The van der Waals surface area contributed by atoms with Gasteiger partial charge in [-0.25, -0.2) is 0 Å². The Morgan fingerprint density at radius 1 is 1.27 bits per heavy atom. The zero-order valence-corrected chi connectivity index (χ0v) is 8.35. The molecule has 0 bridgehead atoms. The van der Waals surface area contributed by atoms with E-state index in [0.717, 1.165) is 5.56 Å². The smallest absolute Gasteiger partial charge is 0.0861 e. The molecule has 1 rings (SSSR count). The number of benzene rings is 1. The molecule has 1 nitrogen and oxygen atoms in total. The third kappa shape index (κ3) is 2.04. The fraction of sp³-hybridized carbons (Fsp3) is 0.333. The van der Waals surface area contributed by atoms with Crippen LogP contribution in [0.3, 0.4) is 0 Å². The molecule has 0 aromatic heterocycles. The van der Waals surface area contributed by atoms with Crippen molar-refractivity contribution in [2.75, 3.05) is 0 Å². The molecule has 1 aromatic carbocycles. The van der Waals surface area contributed by atoms with E-state index in [0.29, 0.717) is 0 Å². The Hall–Kier alpha value is -0.340. The molecule has 0 fully saturated rings. The third-order valence-corrected chi connectivity index (χ3v) is 2.38. The SMILES string of the molecule is Cc1ccc(C(N)Br)cc1C. The predicted octanol–water partition coefficient (Wildman–Crippen LogP) is 2.66. The highest BCUT2D eigenvalue weighted by molar-refractivity contribution is 9.09. The van der Waals surface area contributed by atoms with Crippen molar-refractivity contribution in [3.8, 4) is 0 Å². The van der Waals surface area contributed by atoms with Crippen molar-refractivity contribution in [2.24, 2.45) is 5.73 Å². The summed E-state index contributed by atoms with van der Waals surface area (Å²) in [5.74, 6) is 0. The molecule has 0 saturated heterocycles. The number of alkyl halides is 1. The van der Waals surface area contributed by atoms with E-state index in [4.69, 9.17) is 5.73 Å². The summed E-state index contributed by atoms with van der Waals surface area (Å²) >= 11 is 3.32. The standard InChI is InChI=1S/C9H12BrN/c1-6-3-4-8(9(10)11)5-7(6)2/h3-5,9H,11H2,1-2H3. The lowest BCUT2D eigenvalue weighted by molar-refractivity contribution is 1.05. The van der Waals surface area contributed by atoms with E-state index >= 15 is 0 Å². The molecular formula is C9H12BrN. The summed E-state index contributed by atoms with van der Waals surface area (Å²) in [7, 11) is 0. The maximum absolute atomic E-state index is 5.65. The van der Waals surface area contributed by atoms with Gasteiger partial charge < -0.3 is 5.73 Å². The number of hydrogen-bond donors (Lipinski definition) is 1. The van der Waals surface area contributed by atoms with Crippen LogP contribution in [0.5, 0.6) is 0 Å². The molecule has 2 N–H and O–H groups in total. The number of hydrogen-bond acceptors (Lipinski definition) is 1. The maximum Gasteiger partial charge on any atom is 0.0861 e. The van der Waals surface area contributed by atoms with Crippen LogP contribution < -0.4 is 5.73 Å². The van der Waals surface area contributed by atoms with Crippen molar-refractivity contribution in [1.29, 1.82) is 0 Å². The zero-order valence-electron chi connectivity index (χ0n) is 6.76. The van der Waals surface area contributed by atoms with Gasteiger partial charge in [0.2, 0.25) is 0 Å². The lowest BCUT2D eigenvalue weighted by Gasteiger charge is -2.06. The highest BCUT2D eigenvalue weighted by Crippen LogP contribution is 2.18. The van der Waals surface area contributed by atoms with Crippen molar-refractivity contribution in [3.05, 3.63) is 34.9 Å². The summed E-state index contributed by atoms with van der Waals surface area (Å²) in [5.41, 5.74) is 9.38. The van der Waals surface area contributed by atoms with Gasteiger partial charge in [-0.1, -0.05) is 34.1 Å². The zero-order chi connectivity index (χ0) is 8.43. The van der Waals surface area contributed by atoms with Crippen molar-refractivity contribution < 1.29 is 0 Å². The number of halogens is 1. The summed E-state index contributed by atoms with van der Waals surface area (Å²) in [6.45, 7) is 4.19. The Morgan fingerprint density at radius 2 is 1.91 bits per heavy atom. The minimum absolute atomic E-state index is 0.0400. The van der Waals surface area contributed by atoms with Crippen LogP contribution in [0.25, 0.3) is 0 Å². The predicted molar refractivity (Wildman–Crippen MR) is 51.8 cm³/mol. The normalized spacial score (nSPS) is 13.1. The molecule has 1 unspecified atom stereocenters. The first-order chi connectivity index (χ1) is 5.11. The van der Waals surface area contributed by atoms with Gasteiger partial charge in [0.25, 0.3) is 0 Å². The van der Waals surface area contributed by atoms with Crippen LogP contribution in [0.2, 0.25) is 0 Å². The molecule has 2 heteroatoms. The Bertz CT molecular complexity index is 256. The number of rotatable bonds is 1. The molecule has 0 heterocycles. The molecule has 0 aliphatic carbocycles. The van der Waals surface area contributed by atoms with Crippen LogP contribution in [0.4, 0.5) is 0 Å². The van der Waals surface area contributed by atoms with Crippen LogP contribution in [0.1, 0.15) is 21.6 Å². The lowest BCUT2D eigenvalue weighted by Crippen LogP contribution is -2.01. The van der Waals surface area contributed by atoms with Crippen LogP contribution in [0.15, 0.2) is 18.2 Å². The topological polar surface area (TPSA) is 26.0 Å². The summed E-state index contributed by atoms with van der Waals surface area (Å²) in [6.07, 6.45) is 0. The van der Waals surface area contributed by atoms with Crippen molar-refractivity contribution in [3.63, 3.8) is 0 Å². The monoisotopic (exact) mass is 213 g/mol. The van der Waals surface area contributed by atoms with Gasteiger partial charge in [-0.3, -0.25) is 0 Å². The molecule has 0 radical (unpaired) electrons. The van der Waals surface area contributed by atoms with Crippen LogP contribution in [-0.4, -0.2) is 0 Å². The molecule has 0 saturated carbocycles. The molecule has 60 valence electrons. The lowest BCUT2D eigenvalue weighted by atomic mass is 10.1. The van der Waals surface area contributed by atoms with E-state index in [1.54, 1.807) is 0 Å². The molecule has 0 spiro atoms. The minimum Gasteiger partial charge on any atom is -0.315 e. The van der Waals surface area contributed by atoms with Crippen LogP contribution in [-0.2, 0) is 0 Å². The highest BCUT2D eigenvalue weighted by atomic mass is 79.9. The van der Waals surface area contributed by atoms with Gasteiger partial charge in [-0.05, 0) is 30.5 Å². The fourth-order valence-corrected chi connectivity index (χ4v) is 1.22. The Morgan fingerprint density at radius 3 is 2.36 bits per heavy atom. The highest BCUT2D eigenvalue weighted by Gasteiger charge is 2.00. The van der Waals surface area contributed by atoms with Gasteiger partial charge in [0.15, 0.2) is 0 Å². The number of nitrogens with two attached hydrogens (primary N) is 1. The van der Waals surface area contributed by atoms with Gasteiger partial charge in [0.1, 0.15) is 0 Å². The fourth-order valence-electron chi connectivity index (χ4n) is 0.936. The minimum atomic E-state index is -0.0400. The molecule has 11 heavy (non-hydrogen) atoms. The molecule has 1 aromatic rings. The van der Waals surface area contributed by atoms with E-state index in [1.807, 2.05) is 6.07 Å². The summed E-state index contributed by atoms with van der Waals surface area (Å²) in [6, 6.07) is 6.24. The second-order valence-electron chi connectivity index (χ2n) is 2.75. The summed E-state index contributed by atoms with van der Waals surface area (Å²) in [5, 5.41) is 0. The van der Waals surface area contributed by atoms with Gasteiger partial charge in [0.05, 0.1) is 4.95 Å². The molecule has 0 aliphatic rings. The second-order valence-corrected chi connectivity index (χ2v) is 3.73. The van der Waals surface area contributed by atoms with E-state index < -0.39 is 0 Å². The molecule has 0 amide bonds. The first kappa shape index (κ1) is 8.75. The van der Waals surface area contributed by atoms with Gasteiger partial charge in [-0.2, -0.15) is 0 Å². The third-order valence-electron chi connectivity index (χ3n) is 1.85. The van der Waals surface area contributed by atoms with E-state index in [-0.39, 0.29) is 4.95 Å². The summed E-state index contributed by atoms with van der Waals surface area (Å²) < 4.78 is 0. The van der Waals surface area contributed by atoms with Crippen molar-refractivity contribution in [2.45, 2.75) is 18.8 Å². The Kier molecular flexibility index (Phi) is 2.68. The average Bonchev–Trinajstić information content (AvgIpc) is 1.94. The van der Waals surface area contributed by atoms with E-state index in [1.165, 1.54) is 11.1 Å². The quantitative estimate of drug-likeness (QED) is 0.564. The van der Waals surface area contributed by atoms with Crippen molar-refractivity contribution in [1.82, 2.24) is 0 Å². The van der Waals surface area contributed by atoms with Gasteiger partial charge in [-0.15, -0.1) is 0 Å². The maximum atomic E-state index is 5.65. The summed E-state index contributed by atoms with van der Waals surface area (Å²) in [4.78, 5) is -0.0400. The Balaban J connectivity index is 3.05. The Labute approximate surface area is 75.7 Å². The van der Waals surface area contributed by atoms with E-state index in [2.05, 4.69) is 41.9 Å². The largest absolute Gasteiger partial charge is 0.315 e. The van der Waals surface area contributed by atoms with Crippen LogP contribution in [0, 0.1) is 13.8 Å². The van der Waals surface area contributed by atoms with Gasteiger partial charge >= 0.3 is 0 Å². The molecule has 0 aliphatic heterocycles. The van der Waals surface area contributed by atoms with Crippen molar-refractivity contribution >= 4 is 15.9 Å². The van der Waals surface area contributed by atoms with Crippen LogP contribution >= 0.6 is 15.9 Å². The molecular weight excluding hydrogens is 202 g/mol. The molecule has 1 atom stereocenters. The second kappa shape index (κ2) is 3.37. The van der Waals surface area contributed by atoms with Gasteiger partial charge in [0, 0.05) is 0 Å². The van der Waals surface area contributed by atoms with E-state index in [9.17, 15) is 0 Å².